The molecule has 1 saturated heterocycles. The number of pyridine rings is 1. The number of aromatic nitrogens is 1. The molecule has 0 bridgehead atoms. The second-order valence-corrected chi connectivity index (χ2v) is 10.3. The largest absolute Gasteiger partial charge is 0.494 e. The topological polar surface area (TPSA) is 84.3 Å². The van der Waals surface area contributed by atoms with Crippen LogP contribution in [0.3, 0.4) is 0 Å². The van der Waals surface area contributed by atoms with Gasteiger partial charge in [0.2, 0.25) is 0 Å². The number of ether oxygens (including phenoxy) is 1. The normalized spacial score (nSPS) is 18.4. The van der Waals surface area contributed by atoms with Gasteiger partial charge in [-0.3, -0.25) is 4.31 Å². The van der Waals surface area contributed by atoms with E-state index in [9.17, 15) is 12.8 Å². The highest BCUT2D eigenvalue weighted by Gasteiger charge is 2.37. The monoisotopic (exact) mass is 510 g/mol. The summed E-state index contributed by atoms with van der Waals surface area (Å²) < 4.78 is 48.2. The van der Waals surface area contributed by atoms with E-state index in [1.165, 1.54) is 22.1 Å². The summed E-state index contributed by atoms with van der Waals surface area (Å²) in [5, 5.41) is 3.84. The molecule has 1 aromatic heterocycles. The van der Waals surface area contributed by atoms with Gasteiger partial charge in [-0.1, -0.05) is 16.8 Å². The standard InChI is InChI=1S/C23H28ClFN4O4S/c1-2-33-27-20-9-6-17-16-18(7-8-19(17)20)32-15-5-3-4-12-28-13-14-29(34(28,30)31)21-10-11-26-23(24)22(21)25/h7-8,10-11,16H,2-6,9,12-15H2,1H3. The maximum atomic E-state index is 14.3. The van der Waals surface area contributed by atoms with E-state index in [4.69, 9.17) is 21.2 Å². The van der Waals surface area contributed by atoms with Crippen molar-refractivity contribution in [1.82, 2.24) is 9.29 Å². The third-order valence-corrected chi connectivity index (χ3v) is 8.11. The molecule has 11 heteroatoms. The number of fused-ring (bicyclic) bond motifs is 1. The van der Waals surface area contributed by atoms with Crippen molar-refractivity contribution in [2.24, 2.45) is 5.16 Å². The number of anilines is 1. The Morgan fingerprint density at radius 2 is 2.03 bits per heavy atom. The molecule has 2 aromatic rings. The van der Waals surface area contributed by atoms with Crippen LogP contribution in [0.5, 0.6) is 5.75 Å². The molecule has 0 amide bonds. The number of unbranched alkanes of at least 4 members (excludes halogenated alkanes) is 2. The summed E-state index contributed by atoms with van der Waals surface area (Å²) in [5.41, 5.74) is 3.25. The van der Waals surface area contributed by atoms with E-state index < -0.39 is 16.0 Å². The number of hydrogen-bond donors (Lipinski definition) is 0. The minimum Gasteiger partial charge on any atom is -0.494 e. The lowest BCUT2D eigenvalue weighted by Gasteiger charge is -2.20. The average molecular weight is 511 g/mol. The minimum absolute atomic E-state index is 0.0680. The van der Waals surface area contributed by atoms with Gasteiger partial charge in [0.05, 0.1) is 18.0 Å². The average Bonchev–Trinajstić information content (AvgIpc) is 3.36. The lowest BCUT2D eigenvalue weighted by Crippen LogP contribution is -2.34. The van der Waals surface area contributed by atoms with Crippen molar-refractivity contribution in [2.45, 2.75) is 39.0 Å². The minimum atomic E-state index is -3.78. The molecule has 4 rings (SSSR count). The summed E-state index contributed by atoms with van der Waals surface area (Å²) in [6, 6.07) is 7.35. The summed E-state index contributed by atoms with van der Waals surface area (Å²) in [7, 11) is -3.78. The molecule has 1 aromatic carbocycles. The van der Waals surface area contributed by atoms with Crippen molar-refractivity contribution in [3.05, 3.63) is 52.6 Å². The van der Waals surface area contributed by atoms with Crippen LogP contribution in [0, 0.1) is 5.82 Å². The Hall–Kier alpha value is -2.43. The molecule has 0 N–H and O–H groups in total. The fourth-order valence-electron chi connectivity index (χ4n) is 4.18. The van der Waals surface area contributed by atoms with Crippen molar-refractivity contribution >= 4 is 33.2 Å². The maximum absolute atomic E-state index is 14.3. The maximum Gasteiger partial charge on any atom is 0.304 e. The predicted octanol–water partition coefficient (Wildman–Crippen LogP) is 4.18. The molecule has 0 atom stereocenters. The molecule has 34 heavy (non-hydrogen) atoms. The summed E-state index contributed by atoms with van der Waals surface area (Å²) in [6.07, 6.45) is 5.41. The van der Waals surface area contributed by atoms with Gasteiger partial charge in [-0.05, 0) is 68.9 Å². The molecule has 184 valence electrons. The van der Waals surface area contributed by atoms with E-state index in [0.29, 0.717) is 32.7 Å². The molecule has 0 unspecified atom stereocenters. The summed E-state index contributed by atoms with van der Waals surface area (Å²) >= 11 is 5.71. The van der Waals surface area contributed by atoms with E-state index in [0.717, 1.165) is 47.0 Å². The smallest absolute Gasteiger partial charge is 0.304 e. The number of benzene rings is 1. The molecule has 0 radical (unpaired) electrons. The number of nitrogens with zero attached hydrogens (tertiary/aromatic N) is 4. The van der Waals surface area contributed by atoms with Crippen molar-refractivity contribution < 1.29 is 22.4 Å². The Balaban J connectivity index is 1.21. The molecule has 0 spiro atoms. The fraction of sp³-hybridized carbons (Fsp3) is 0.478. The van der Waals surface area contributed by atoms with Crippen LogP contribution in [0.4, 0.5) is 10.1 Å². The molecule has 1 aliphatic carbocycles. The molecular formula is C23H28ClFN4O4S. The van der Waals surface area contributed by atoms with E-state index in [2.05, 4.69) is 16.2 Å². The van der Waals surface area contributed by atoms with Crippen LogP contribution in [0.2, 0.25) is 5.15 Å². The Kier molecular flexibility index (Phi) is 7.90. The van der Waals surface area contributed by atoms with Crippen LogP contribution in [-0.2, 0) is 21.5 Å². The van der Waals surface area contributed by atoms with Crippen molar-refractivity contribution in [1.29, 1.82) is 0 Å². The highest BCUT2D eigenvalue weighted by Crippen LogP contribution is 2.30. The fourth-order valence-corrected chi connectivity index (χ4v) is 5.98. The van der Waals surface area contributed by atoms with Crippen LogP contribution in [0.1, 0.15) is 43.7 Å². The van der Waals surface area contributed by atoms with Crippen LogP contribution in [0.25, 0.3) is 0 Å². The van der Waals surface area contributed by atoms with Crippen LogP contribution in [0.15, 0.2) is 35.6 Å². The Bertz CT molecular complexity index is 1160. The zero-order valence-corrected chi connectivity index (χ0v) is 20.6. The first-order chi connectivity index (χ1) is 16.4. The Morgan fingerprint density at radius 1 is 1.18 bits per heavy atom. The predicted molar refractivity (Wildman–Crippen MR) is 129 cm³/mol. The number of oxime groups is 1. The van der Waals surface area contributed by atoms with Crippen molar-refractivity contribution in [3.8, 4) is 5.75 Å². The molecule has 0 saturated carbocycles. The van der Waals surface area contributed by atoms with Gasteiger partial charge < -0.3 is 9.57 Å². The first kappa shape index (κ1) is 24.7. The summed E-state index contributed by atoms with van der Waals surface area (Å²) in [5.74, 6) is 0.00306. The lowest BCUT2D eigenvalue weighted by atomic mass is 10.1. The summed E-state index contributed by atoms with van der Waals surface area (Å²) in [4.78, 5) is 8.83. The van der Waals surface area contributed by atoms with Gasteiger partial charge in [-0.2, -0.15) is 12.7 Å². The molecular weight excluding hydrogens is 483 g/mol. The third kappa shape index (κ3) is 5.29. The van der Waals surface area contributed by atoms with E-state index in [1.54, 1.807) is 0 Å². The van der Waals surface area contributed by atoms with Crippen LogP contribution in [-0.4, -0.2) is 56.3 Å². The third-order valence-electron chi connectivity index (χ3n) is 5.90. The van der Waals surface area contributed by atoms with Gasteiger partial charge in [0.1, 0.15) is 12.4 Å². The number of hydrogen-bond acceptors (Lipinski definition) is 6. The molecule has 2 heterocycles. The Morgan fingerprint density at radius 3 is 2.85 bits per heavy atom. The van der Waals surface area contributed by atoms with Crippen molar-refractivity contribution in [2.75, 3.05) is 37.2 Å². The van der Waals surface area contributed by atoms with Gasteiger partial charge in [0.25, 0.3) is 0 Å². The number of aryl methyl sites for hydroxylation is 1. The molecule has 2 aliphatic rings. The van der Waals surface area contributed by atoms with Crippen LogP contribution < -0.4 is 9.04 Å². The van der Waals surface area contributed by atoms with Gasteiger partial charge in [0, 0.05) is 31.4 Å². The molecule has 1 fully saturated rings. The number of rotatable bonds is 10. The Labute approximate surface area is 204 Å². The van der Waals surface area contributed by atoms with E-state index in [-0.39, 0.29) is 17.4 Å². The second-order valence-electron chi connectivity index (χ2n) is 8.10. The lowest BCUT2D eigenvalue weighted by molar-refractivity contribution is 0.158. The summed E-state index contributed by atoms with van der Waals surface area (Å²) in [6.45, 7) is 3.88. The van der Waals surface area contributed by atoms with E-state index >= 15 is 0 Å². The quantitative estimate of drug-likeness (QED) is 0.272. The number of halogens is 2. The van der Waals surface area contributed by atoms with Gasteiger partial charge in [0.15, 0.2) is 11.0 Å². The van der Waals surface area contributed by atoms with E-state index in [1.807, 2.05) is 19.1 Å². The highest BCUT2D eigenvalue weighted by atomic mass is 35.5. The highest BCUT2D eigenvalue weighted by molar-refractivity contribution is 7.90. The zero-order valence-electron chi connectivity index (χ0n) is 19.0. The second kappa shape index (κ2) is 10.9. The first-order valence-corrected chi connectivity index (χ1v) is 13.2. The molecule has 8 nitrogen and oxygen atoms in total. The zero-order chi connectivity index (χ0) is 24.1. The van der Waals surface area contributed by atoms with Gasteiger partial charge >= 0.3 is 10.2 Å². The van der Waals surface area contributed by atoms with Crippen LogP contribution >= 0.6 is 11.6 Å². The SMILES string of the molecule is CCON=C1CCc2cc(OCCCCCN3CCN(c4ccnc(Cl)c4F)S3(=O)=O)ccc21. The van der Waals surface area contributed by atoms with Crippen molar-refractivity contribution in [3.63, 3.8) is 0 Å². The van der Waals surface area contributed by atoms with Gasteiger partial charge in [-0.15, -0.1) is 0 Å². The molecule has 1 aliphatic heterocycles. The first-order valence-electron chi connectivity index (χ1n) is 11.4. The van der Waals surface area contributed by atoms with Gasteiger partial charge in [-0.25, -0.2) is 9.37 Å².